The average Bonchev–Trinajstić information content (AvgIpc) is 3.14. The van der Waals surface area contributed by atoms with Gasteiger partial charge in [0, 0.05) is 26.2 Å². The van der Waals surface area contributed by atoms with E-state index in [1.807, 2.05) is 6.92 Å². The van der Waals surface area contributed by atoms with E-state index in [0.29, 0.717) is 5.82 Å². The number of benzene rings is 1. The van der Waals surface area contributed by atoms with E-state index in [9.17, 15) is 5.11 Å². The van der Waals surface area contributed by atoms with Gasteiger partial charge in [-0.3, -0.25) is 4.90 Å². The second kappa shape index (κ2) is 6.98. The fraction of sp³-hybridized carbons (Fsp3) is 0.474. The molecular weight excluding hydrogens is 346 g/mol. The number of piperazine rings is 1. The first-order chi connectivity index (χ1) is 12.6. The lowest BCUT2D eigenvalue weighted by Crippen LogP contribution is -2.47. The third-order valence-electron chi connectivity index (χ3n) is 5.13. The van der Waals surface area contributed by atoms with Gasteiger partial charge in [0.25, 0.3) is 0 Å². The molecule has 1 aliphatic heterocycles. The summed E-state index contributed by atoms with van der Waals surface area (Å²) < 4.78 is 1.57. The Labute approximate surface area is 157 Å². The van der Waals surface area contributed by atoms with E-state index in [0.717, 1.165) is 42.6 Å². The lowest BCUT2D eigenvalue weighted by atomic mass is 10.0. The van der Waals surface area contributed by atoms with Crippen LogP contribution in [0.4, 0.5) is 0 Å². The van der Waals surface area contributed by atoms with Crippen molar-refractivity contribution in [1.82, 2.24) is 24.4 Å². The third kappa shape index (κ3) is 3.11. The topological polar surface area (TPSA) is 56.9 Å². The maximum atomic E-state index is 10.9. The molecule has 3 aromatic rings. The average molecular weight is 372 g/mol. The van der Waals surface area contributed by atoms with Gasteiger partial charge in [0.05, 0.1) is 10.9 Å². The Bertz CT molecular complexity index is 910. The van der Waals surface area contributed by atoms with Crippen molar-refractivity contribution in [2.24, 2.45) is 0 Å². The van der Waals surface area contributed by atoms with E-state index in [-0.39, 0.29) is 11.9 Å². The Balaban J connectivity index is 1.77. The van der Waals surface area contributed by atoms with Crippen LogP contribution in [-0.2, 0) is 0 Å². The molecule has 3 heterocycles. The molecule has 1 aromatic carbocycles. The van der Waals surface area contributed by atoms with Crippen LogP contribution in [0.3, 0.4) is 0 Å². The first kappa shape index (κ1) is 17.5. The largest absolute Gasteiger partial charge is 0.492 e. The second-order valence-electron chi connectivity index (χ2n) is 6.93. The molecule has 1 N–H and O–H groups in total. The maximum Gasteiger partial charge on any atom is 0.230 e. The monoisotopic (exact) mass is 371 g/mol. The van der Waals surface area contributed by atoms with Crippen molar-refractivity contribution < 1.29 is 5.11 Å². The fourth-order valence-corrected chi connectivity index (χ4v) is 4.89. The summed E-state index contributed by atoms with van der Waals surface area (Å²) in [5.74, 6) is 0.900. The van der Waals surface area contributed by atoms with Gasteiger partial charge >= 0.3 is 0 Å². The van der Waals surface area contributed by atoms with Crippen LogP contribution in [-0.4, -0.2) is 62.2 Å². The van der Waals surface area contributed by atoms with Crippen molar-refractivity contribution in [3.05, 3.63) is 46.1 Å². The SMILES string of the molecule is CCN1CCN([C@H](c2cccc(C)c2)c2sc3nc(C)nn3c2O)CC1. The molecule has 26 heavy (non-hydrogen) atoms. The van der Waals surface area contributed by atoms with Gasteiger partial charge in [0.2, 0.25) is 10.8 Å². The van der Waals surface area contributed by atoms with Crippen molar-refractivity contribution in [1.29, 1.82) is 0 Å². The van der Waals surface area contributed by atoms with Gasteiger partial charge in [-0.1, -0.05) is 48.1 Å². The molecular formula is C19H25N5OS. The minimum absolute atomic E-state index is 0.0303. The standard InChI is InChI=1S/C19H25N5OS/c1-4-22-8-10-23(11-9-22)16(15-7-5-6-13(2)12-15)17-18(25)24-19(26-17)20-14(3)21-24/h5-7,12,16,25H,4,8-11H2,1-3H3/t16-/m1/s1. The zero-order valence-corrected chi connectivity index (χ0v) is 16.3. The van der Waals surface area contributed by atoms with Gasteiger partial charge in [-0.2, -0.15) is 4.52 Å². The number of hydrogen-bond donors (Lipinski definition) is 1. The smallest absolute Gasteiger partial charge is 0.230 e. The highest BCUT2D eigenvalue weighted by Gasteiger charge is 2.31. The summed E-state index contributed by atoms with van der Waals surface area (Å²) >= 11 is 1.54. The van der Waals surface area contributed by atoms with Crippen LogP contribution >= 0.6 is 11.3 Å². The van der Waals surface area contributed by atoms with Gasteiger partial charge in [0.15, 0.2) is 0 Å². The maximum absolute atomic E-state index is 10.9. The van der Waals surface area contributed by atoms with Crippen molar-refractivity contribution in [3.63, 3.8) is 0 Å². The number of likely N-dealkylation sites (N-methyl/N-ethyl adjacent to an activating group) is 1. The molecule has 138 valence electrons. The molecule has 1 saturated heterocycles. The lowest BCUT2D eigenvalue weighted by Gasteiger charge is -2.38. The number of rotatable bonds is 4. The number of thiazole rings is 1. The summed E-state index contributed by atoms with van der Waals surface area (Å²) in [6.07, 6.45) is 0. The number of aromatic nitrogens is 3. The molecule has 1 aliphatic rings. The first-order valence-electron chi connectivity index (χ1n) is 9.15. The van der Waals surface area contributed by atoms with E-state index in [2.05, 4.69) is 58.0 Å². The molecule has 0 spiro atoms. The number of aromatic hydroxyl groups is 1. The van der Waals surface area contributed by atoms with E-state index in [1.54, 1.807) is 4.52 Å². The lowest BCUT2D eigenvalue weighted by molar-refractivity contribution is 0.113. The van der Waals surface area contributed by atoms with Crippen molar-refractivity contribution in [3.8, 4) is 5.88 Å². The van der Waals surface area contributed by atoms with Crippen molar-refractivity contribution in [2.45, 2.75) is 26.8 Å². The molecule has 0 saturated carbocycles. The van der Waals surface area contributed by atoms with Crippen LogP contribution in [0, 0.1) is 13.8 Å². The van der Waals surface area contributed by atoms with Crippen LogP contribution in [0.2, 0.25) is 0 Å². The molecule has 0 unspecified atom stereocenters. The summed E-state index contributed by atoms with van der Waals surface area (Å²) in [6, 6.07) is 8.62. The number of nitrogens with zero attached hydrogens (tertiary/aromatic N) is 5. The van der Waals surface area contributed by atoms with Crippen LogP contribution in [0.5, 0.6) is 5.88 Å². The molecule has 2 aromatic heterocycles. The quantitative estimate of drug-likeness (QED) is 0.764. The molecule has 0 radical (unpaired) electrons. The highest BCUT2D eigenvalue weighted by molar-refractivity contribution is 7.17. The van der Waals surface area contributed by atoms with Gasteiger partial charge < -0.3 is 10.0 Å². The predicted molar refractivity (Wildman–Crippen MR) is 104 cm³/mol. The van der Waals surface area contributed by atoms with Crippen LogP contribution < -0.4 is 0 Å². The van der Waals surface area contributed by atoms with Crippen molar-refractivity contribution >= 4 is 16.3 Å². The van der Waals surface area contributed by atoms with Crippen LogP contribution in [0.25, 0.3) is 4.96 Å². The molecule has 0 aliphatic carbocycles. The van der Waals surface area contributed by atoms with E-state index < -0.39 is 0 Å². The molecule has 7 heteroatoms. The Morgan fingerprint density at radius 3 is 2.62 bits per heavy atom. The van der Waals surface area contributed by atoms with E-state index in [1.165, 1.54) is 22.5 Å². The van der Waals surface area contributed by atoms with Gasteiger partial charge in [-0.05, 0) is 26.0 Å². The normalized spacial score (nSPS) is 17.8. The minimum Gasteiger partial charge on any atom is -0.492 e. The predicted octanol–water partition coefficient (Wildman–Crippen LogP) is 2.84. The minimum atomic E-state index is 0.0303. The molecule has 0 amide bonds. The number of fused-ring (bicyclic) bond motifs is 1. The van der Waals surface area contributed by atoms with E-state index in [4.69, 9.17) is 0 Å². The van der Waals surface area contributed by atoms with Crippen LogP contribution in [0.1, 0.15) is 34.8 Å². The highest BCUT2D eigenvalue weighted by Crippen LogP contribution is 2.40. The van der Waals surface area contributed by atoms with Gasteiger partial charge in [0.1, 0.15) is 5.82 Å². The zero-order chi connectivity index (χ0) is 18.3. The second-order valence-corrected chi connectivity index (χ2v) is 7.94. The Hall–Kier alpha value is -1.96. The highest BCUT2D eigenvalue weighted by atomic mass is 32.1. The Kier molecular flexibility index (Phi) is 4.69. The van der Waals surface area contributed by atoms with Crippen LogP contribution in [0.15, 0.2) is 24.3 Å². The summed E-state index contributed by atoms with van der Waals surface area (Å²) in [7, 11) is 0. The summed E-state index contributed by atoms with van der Waals surface area (Å²) in [5, 5.41) is 15.2. The summed E-state index contributed by atoms with van der Waals surface area (Å²) in [5.41, 5.74) is 2.45. The Morgan fingerprint density at radius 2 is 1.96 bits per heavy atom. The zero-order valence-electron chi connectivity index (χ0n) is 15.5. The third-order valence-corrected chi connectivity index (χ3v) is 6.20. The van der Waals surface area contributed by atoms with Gasteiger partial charge in [-0.15, -0.1) is 5.10 Å². The van der Waals surface area contributed by atoms with E-state index >= 15 is 0 Å². The summed E-state index contributed by atoms with van der Waals surface area (Å²) in [4.78, 5) is 11.1. The first-order valence-corrected chi connectivity index (χ1v) is 9.96. The number of aryl methyl sites for hydroxylation is 2. The fourth-order valence-electron chi connectivity index (χ4n) is 3.73. The van der Waals surface area contributed by atoms with Crippen molar-refractivity contribution in [2.75, 3.05) is 32.7 Å². The molecule has 6 nitrogen and oxygen atoms in total. The summed E-state index contributed by atoms with van der Waals surface area (Å²) in [6.45, 7) is 11.3. The number of hydrogen-bond acceptors (Lipinski definition) is 6. The molecule has 1 atom stereocenters. The molecule has 1 fully saturated rings. The van der Waals surface area contributed by atoms with Gasteiger partial charge in [-0.25, -0.2) is 4.98 Å². The molecule has 4 rings (SSSR count). The molecule has 0 bridgehead atoms. The Morgan fingerprint density at radius 1 is 1.19 bits per heavy atom.